The van der Waals surface area contributed by atoms with Crippen LogP contribution in [-0.4, -0.2) is 37.7 Å². The molecule has 0 radical (unpaired) electrons. The first-order valence-electron chi connectivity index (χ1n) is 11.2. The predicted molar refractivity (Wildman–Crippen MR) is 144 cm³/mol. The molecule has 0 aliphatic carbocycles. The second-order valence-corrected chi connectivity index (χ2v) is 8.73. The first-order chi connectivity index (χ1) is 17.9. The Kier molecular flexibility index (Phi) is 8.27. The first-order valence-corrected chi connectivity index (χ1v) is 12.0. The Morgan fingerprint density at radius 2 is 1.70 bits per heavy atom. The summed E-state index contributed by atoms with van der Waals surface area (Å²) in [6, 6.07) is 24.6. The largest absolute Gasteiger partial charge is 0.493 e. The lowest BCUT2D eigenvalue weighted by Crippen LogP contribution is -2.35. The van der Waals surface area contributed by atoms with E-state index in [0.29, 0.717) is 22.4 Å². The third kappa shape index (κ3) is 6.59. The van der Waals surface area contributed by atoms with Crippen LogP contribution in [0.3, 0.4) is 0 Å². The molecule has 0 bridgehead atoms. The minimum Gasteiger partial charge on any atom is -0.493 e. The molecule has 2 amide bonds. The Hall–Kier alpha value is -4.50. The summed E-state index contributed by atoms with van der Waals surface area (Å²) in [6.45, 7) is -0.243. The van der Waals surface area contributed by atoms with Gasteiger partial charge >= 0.3 is 5.97 Å². The topological polar surface area (TPSA) is 106 Å². The fourth-order valence-corrected chi connectivity index (χ4v) is 3.92. The number of nitrogens with zero attached hydrogens (tertiary/aromatic N) is 1. The van der Waals surface area contributed by atoms with Gasteiger partial charge in [-0.05, 0) is 58.8 Å². The minimum atomic E-state index is -0.529. The number of hydrogen-bond acceptors (Lipinski definition) is 6. The van der Waals surface area contributed by atoms with Gasteiger partial charge in [-0.3, -0.25) is 9.59 Å². The summed E-state index contributed by atoms with van der Waals surface area (Å²) in [4.78, 5) is 37.2. The Morgan fingerprint density at radius 3 is 2.51 bits per heavy atom. The van der Waals surface area contributed by atoms with Gasteiger partial charge in [0.25, 0.3) is 11.8 Å². The van der Waals surface area contributed by atoms with Crippen LogP contribution >= 0.6 is 15.9 Å². The molecule has 4 rings (SSSR count). The zero-order chi connectivity index (χ0) is 26.2. The molecule has 9 heteroatoms. The average molecular weight is 560 g/mol. The number of halogens is 1. The van der Waals surface area contributed by atoms with Crippen molar-refractivity contribution < 1.29 is 23.9 Å². The second kappa shape index (κ2) is 12.0. The molecule has 4 aromatic carbocycles. The fourth-order valence-electron chi connectivity index (χ4n) is 3.52. The van der Waals surface area contributed by atoms with E-state index in [1.807, 2.05) is 36.4 Å². The van der Waals surface area contributed by atoms with Gasteiger partial charge in [-0.2, -0.15) is 5.10 Å². The molecule has 0 atom stereocenters. The average Bonchev–Trinajstić information content (AvgIpc) is 2.92. The summed E-state index contributed by atoms with van der Waals surface area (Å²) in [5, 5.41) is 8.27. The SMILES string of the molecule is COc1cc(/C=N/NC(=O)CNC(=O)c2cccc3ccccc23)ccc1OC(=O)c1cccc(Br)c1. The van der Waals surface area contributed by atoms with Crippen molar-refractivity contribution in [3.63, 3.8) is 0 Å². The van der Waals surface area contributed by atoms with Crippen molar-refractivity contribution in [1.29, 1.82) is 0 Å². The molecule has 0 aromatic heterocycles. The number of methoxy groups -OCH3 is 1. The number of carbonyl (C=O) groups is 3. The van der Waals surface area contributed by atoms with E-state index in [4.69, 9.17) is 9.47 Å². The minimum absolute atomic E-state index is 0.241. The Bertz CT molecular complexity index is 1500. The maximum Gasteiger partial charge on any atom is 0.343 e. The van der Waals surface area contributed by atoms with E-state index in [-0.39, 0.29) is 18.2 Å². The third-order valence-electron chi connectivity index (χ3n) is 5.30. The van der Waals surface area contributed by atoms with Gasteiger partial charge in [0.05, 0.1) is 25.4 Å². The van der Waals surface area contributed by atoms with Gasteiger partial charge in [0.2, 0.25) is 0 Å². The highest BCUT2D eigenvalue weighted by molar-refractivity contribution is 9.10. The summed E-state index contributed by atoms with van der Waals surface area (Å²) in [6.07, 6.45) is 1.41. The fraction of sp³-hybridized carbons (Fsp3) is 0.0714. The molecular formula is C28H22BrN3O5. The zero-order valence-electron chi connectivity index (χ0n) is 19.7. The number of fused-ring (bicyclic) bond motifs is 1. The molecule has 0 spiro atoms. The maximum atomic E-state index is 12.6. The smallest absolute Gasteiger partial charge is 0.343 e. The number of hydrogen-bond donors (Lipinski definition) is 2. The molecule has 37 heavy (non-hydrogen) atoms. The van der Waals surface area contributed by atoms with Crippen molar-refractivity contribution in [3.8, 4) is 11.5 Å². The molecule has 0 aliphatic rings. The number of ether oxygens (including phenoxy) is 2. The summed E-state index contributed by atoms with van der Waals surface area (Å²) in [5.74, 6) is -0.811. The molecule has 0 unspecified atom stereocenters. The van der Waals surface area contributed by atoms with Gasteiger partial charge in [-0.15, -0.1) is 0 Å². The van der Waals surface area contributed by atoms with Crippen LogP contribution in [0.25, 0.3) is 10.8 Å². The molecule has 8 nitrogen and oxygen atoms in total. The van der Waals surface area contributed by atoms with Crippen molar-refractivity contribution in [1.82, 2.24) is 10.7 Å². The van der Waals surface area contributed by atoms with Crippen LogP contribution in [0.4, 0.5) is 0 Å². The van der Waals surface area contributed by atoms with Crippen LogP contribution in [0.2, 0.25) is 0 Å². The van der Waals surface area contributed by atoms with E-state index >= 15 is 0 Å². The van der Waals surface area contributed by atoms with Crippen LogP contribution in [0.1, 0.15) is 26.3 Å². The van der Waals surface area contributed by atoms with Gasteiger partial charge in [-0.1, -0.05) is 58.4 Å². The summed E-state index contributed by atoms with van der Waals surface area (Å²) >= 11 is 3.33. The van der Waals surface area contributed by atoms with E-state index in [1.54, 1.807) is 48.5 Å². The summed E-state index contributed by atoms with van der Waals surface area (Å²) < 4.78 is 11.5. The van der Waals surface area contributed by atoms with Crippen LogP contribution in [0.15, 0.2) is 94.5 Å². The van der Waals surface area contributed by atoms with Crippen LogP contribution in [0.5, 0.6) is 11.5 Å². The van der Waals surface area contributed by atoms with Gasteiger partial charge < -0.3 is 14.8 Å². The molecular weight excluding hydrogens is 538 g/mol. The summed E-state index contributed by atoms with van der Waals surface area (Å²) in [5.41, 5.74) is 3.84. The Balaban J connectivity index is 1.32. The van der Waals surface area contributed by atoms with Crippen molar-refractivity contribution >= 4 is 50.7 Å². The van der Waals surface area contributed by atoms with Crippen molar-refractivity contribution in [2.24, 2.45) is 5.10 Å². The normalized spacial score (nSPS) is 10.8. The van der Waals surface area contributed by atoms with Crippen LogP contribution in [-0.2, 0) is 4.79 Å². The van der Waals surface area contributed by atoms with Crippen molar-refractivity contribution in [2.45, 2.75) is 0 Å². The highest BCUT2D eigenvalue weighted by Gasteiger charge is 2.14. The van der Waals surface area contributed by atoms with E-state index in [0.717, 1.165) is 15.2 Å². The van der Waals surface area contributed by atoms with Crippen molar-refractivity contribution in [2.75, 3.05) is 13.7 Å². The number of carbonyl (C=O) groups excluding carboxylic acids is 3. The number of esters is 1. The molecule has 0 saturated heterocycles. The lowest BCUT2D eigenvalue weighted by Gasteiger charge is -2.10. The van der Waals surface area contributed by atoms with E-state index < -0.39 is 11.9 Å². The highest BCUT2D eigenvalue weighted by atomic mass is 79.9. The number of hydrazone groups is 1. The van der Waals surface area contributed by atoms with Crippen LogP contribution in [0, 0.1) is 0 Å². The molecule has 4 aromatic rings. The highest BCUT2D eigenvalue weighted by Crippen LogP contribution is 2.28. The summed E-state index contributed by atoms with van der Waals surface area (Å²) in [7, 11) is 1.45. The Morgan fingerprint density at radius 1 is 0.919 bits per heavy atom. The lowest BCUT2D eigenvalue weighted by molar-refractivity contribution is -0.120. The van der Waals surface area contributed by atoms with E-state index in [1.165, 1.54) is 13.3 Å². The maximum absolute atomic E-state index is 12.6. The Labute approximate surface area is 221 Å². The lowest BCUT2D eigenvalue weighted by atomic mass is 10.0. The molecule has 0 heterocycles. The van der Waals surface area contributed by atoms with Crippen molar-refractivity contribution in [3.05, 3.63) is 106 Å². The number of rotatable bonds is 8. The molecule has 186 valence electrons. The molecule has 0 fully saturated rings. The number of benzene rings is 4. The molecule has 0 aliphatic heterocycles. The van der Waals surface area contributed by atoms with E-state index in [9.17, 15) is 14.4 Å². The second-order valence-electron chi connectivity index (χ2n) is 7.81. The predicted octanol–water partition coefficient (Wildman–Crippen LogP) is 4.71. The molecule has 2 N–H and O–H groups in total. The quantitative estimate of drug-likeness (QED) is 0.141. The van der Waals surface area contributed by atoms with Gasteiger partial charge in [0.1, 0.15) is 0 Å². The monoisotopic (exact) mass is 559 g/mol. The van der Waals surface area contributed by atoms with Crippen LogP contribution < -0.4 is 20.2 Å². The van der Waals surface area contributed by atoms with Gasteiger partial charge in [0, 0.05) is 10.0 Å². The van der Waals surface area contributed by atoms with Gasteiger partial charge in [-0.25, -0.2) is 10.2 Å². The first kappa shape index (κ1) is 25.6. The standard InChI is InChI=1S/C28H22BrN3O5/c1-36-25-14-18(12-13-24(25)37-28(35)20-8-4-9-21(29)15-20)16-31-32-26(33)17-30-27(34)23-11-5-7-19-6-2-3-10-22(19)23/h2-16H,17H2,1H3,(H,30,34)(H,32,33)/b31-16+. The number of nitrogens with one attached hydrogen (secondary N) is 2. The number of amides is 2. The molecule has 0 saturated carbocycles. The zero-order valence-corrected chi connectivity index (χ0v) is 21.3. The third-order valence-corrected chi connectivity index (χ3v) is 5.79. The van der Waals surface area contributed by atoms with Gasteiger partial charge in [0.15, 0.2) is 11.5 Å². The van der Waals surface area contributed by atoms with E-state index in [2.05, 4.69) is 31.8 Å².